The van der Waals surface area contributed by atoms with Crippen molar-refractivity contribution >= 4 is 23.4 Å². The van der Waals surface area contributed by atoms with Gasteiger partial charge in [0.2, 0.25) is 0 Å². The summed E-state index contributed by atoms with van der Waals surface area (Å²) in [4.78, 5) is 27.0. The van der Waals surface area contributed by atoms with Crippen LogP contribution in [0, 0.1) is 0 Å². The lowest BCUT2D eigenvalue weighted by molar-refractivity contribution is -0.340. The van der Waals surface area contributed by atoms with E-state index in [0.717, 1.165) is 0 Å². The van der Waals surface area contributed by atoms with Gasteiger partial charge in [0.05, 0.1) is 29.5 Å². The normalized spacial score (nSPS) is 32.1. The SMILES string of the molecule is O=C(NC12CC(n3cc(C(=O)N4CC[C@H](OC(F)(F)F)C4)cn3)(C1)C2)[C@H]1C[C@@H](O)c2cc(Cl)ccc2O1. The van der Waals surface area contributed by atoms with E-state index >= 15 is 0 Å². The van der Waals surface area contributed by atoms with E-state index in [1.807, 2.05) is 0 Å². The van der Waals surface area contributed by atoms with Crippen molar-refractivity contribution in [2.45, 2.75) is 67.9 Å². The van der Waals surface area contributed by atoms with Gasteiger partial charge in [0.1, 0.15) is 5.75 Å². The van der Waals surface area contributed by atoms with Crippen LogP contribution < -0.4 is 10.1 Å². The summed E-state index contributed by atoms with van der Waals surface area (Å²) in [5.41, 5.74) is 0.162. The third-order valence-corrected chi connectivity index (χ3v) is 8.00. The van der Waals surface area contributed by atoms with Crippen LogP contribution in [-0.4, -0.2) is 68.8 Å². The summed E-state index contributed by atoms with van der Waals surface area (Å²) in [6.45, 7) is 0.0553. The summed E-state index contributed by atoms with van der Waals surface area (Å²) in [5, 5.41) is 18.3. The molecule has 2 amide bonds. The number of hydrogen-bond acceptors (Lipinski definition) is 6. The molecular formula is C24H24ClF3N4O5. The maximum Gasteiger partial charge on any atom is 0.522 e. The molecule has 1 saturated heterocycles. The van der Waals surface area contributed by atoms with Crippen LogP contribution in [0.25, 0.3) is 0 Å². The Morgan fingerprint density at radius 2 is 2.03 bits per heavy atom. The number of rotatable bonds is 5. The standard InChI is InChI=1S/C24H24ClF3N4O5/c25-14-1-2-18-16(5-14)17(33)6-19(36-18)20(34)30-22-10-23(11-22,12-22)32-8-13(7-29-32)21(35)31-4-3-15(9-31)37-24(26,27)28/h1-2,5,7-8,15,17,19,33H,3-4,6,9-12H2,(H,30,34)/t15-,17+,19+,22?,23?/m0/s1. The Kier molecular flexibility index (Phi) is 5.52. The van der Waals surface area contributed by atoms with E-state index in [4.69, 9.17) is 16.3 Å². The predicted octanol–water partition coefficient (Wildman–Crippen LogP) is 2.92. The van der Waals surface area contributed by atoms with Crippen molar-refractivity contribution < 1.29 is 37.3 Å². The molecule has 1 aromatic carbocycles. The van der Waals surface area contributed by atoms with Gasteiger partial charge in [-0.3, -0.25) is 19.0 Å². The summed E-state index contributed by atoms with van der Waals surface area (Å²) in [5.74, 6) is -0.252. The molecule has 13 heteroatoms. The molecule has 2 aromatic rings. The number of ether oxygens (including phenoxy) is 2. The molecular weight excluding hydrogens is 517 g/mol. The van der Waals surface area contributed by atoms with E-state index in [1.54, 1.807) is 29.1 Å². The van der Waals surface area contributed by atoms with E-state index in [9.17, 15) is 27.9 Å². The largest absolute Gasteiger partial charge is 0.522 e. The molecule has 3 heterocycles. The zero-order chi connectivity index (χ0) is 26.2. The van der Waals surface area contributed by atoms with E-state index in [-0.39, 0.29) is 48.8 Å². The Hall–Kier alpha value is -2.83. The van der Waals surface area contributed by atoms with Gasteiger partial charge >= 0.3 is 6.36 Å². The van der Waals surface area contributed by atoms with E-state index in [2.05, 4.69) is 15.2 Å². The van der Waals surface area contributed by atoms with E-state index < -0.39 is 24.7 Å². The van der Waals surface area contributed by atoms with Crippen LogP contribution in [-0.2, 0) is 15.1 Å². The van der Waals surface area contributed by atoms with Crippen LogP contribution in [0.5, 0.6) is 5.75 Å². The summed E-state index contributed by atoms with van der Waals surface area (Å²) >= 11 is 5.99. The Balaban J connectivity index is 1.04. The average Bonchev–Trinajstić information content (AvgIpc) is 3.44. The highest BCUT2D eigenvalue weighted by Gasteiger charge is 2.70. The fourth-order valence-corrected chi connectivity index (χ4v) is 6.28. The van der Waals surface area contributed by atoms with Gasteiger partial charge in [-0.05, 0) is 43.9 Å². The van der Waals surface area contributed by atoms with Gasteiger partial charge < -0.3 is 20.1 Å². The maximum atomic E-state index is 12.9. The summed E-state index contributed by atoms with van der Waals surface area (Å²) in [7, 11) is 0. The summed E-state index contributed by atoms with van der Waals surface area (Å²) < 4.78 is 49.0. The number of likely N-dealkylation sites (tertiary alicyclic amines) is 1. The molecule has 0 spiro atoms. The van der Waals surface area contributed by atoms with Gasteiger partial charge in [-0.25, -0.2) is 0 Å². The number of nitrogens with zero attached hydrogens (tertiary/aromatic N) is 3. The van der Waals surface area contributed by atoms with Crippen LogP contribution in [0.1, 0.15) is 54.1 Å². The van der Waals surface area contributed by atoms with Gasteiger partial charge in [0, 0.05) is 41.8 Å². The second kappa shape index (κ2) is 8.34. The number of fused-ring (bicyclic) bond motifs is 1. The van der Waals surface area contributed by atoms with Crippen LogP contribution in [0.2, 0.25) is 5.02 Å². The second-order valence-corrected chi connectivity index (χ2v) is 10.9. The number of aromatic nitrogens is 2. The van der Waals surface area contributed by atoms with Gasteiger partial charge in [0.25, 0.3) is 11.8 Å². The molecule has 2 bridgehead atoms. The fraction of sp³-hybridized carbons (Fsp3) is 0.542. The molecule has 9 nitrogen and oxygen atoms in total. The minimum absolute atomic E-state index is 0.118. The topological polar surface area (TPSA) is 106 Å². The Labute approximate surface area is 214 Å². The first-order chi connectivity index (χ1) is 17.4. The zero-order valence-corrected chi connectivity index (χ0v) is 20.3. The van der Waals surface area contributed by atoms with Crippen molar-refractivity contribution in [1.29, 1.82) is 0 Å². The molecule has 2 aliphatic heterocycles. The molecule has 7 rings (SSSR count). The first-order valence-corrected chi connectivity index (χ1v) is 12.4. The zero-order valence-electron chi connectivity index (χ0n) is 19.5. The lowest BCUT2D eigenvalue weighted by Gasteiger charge is -2.70. The maximum absolute atomic E-state index is 12.9. The molecule has 3 aliphatic carbocycles. The number of nitrogens with one attached hydrogen (secondary N) is 1. The number of carbonyl (C=O) groups is 2. The molecule has 2 N–H and O–H groups in total. The van der Waals surface area contributed by atoms with Gasteiger partial charge in [-0.15, -0.1) is 13.2 Å². The lowest BCUT2D eigenvalue weighted by atomic mass is 9.44. The van der Waals surface area contributed by atoms with Crippen LogP contribution in [0.15, 0.2) is 30.6 Å². The number of hydrogen-bond donors (Lipinski definition) is 2. The number of amides is 2. The smallest absolute Gasteiger partial charge is 0.480 e. The molecule has 37 heavy (non-hydrogen) atoms. The highest BCUT2D eigenvalue weighted by atomic mass is 35.5. The van der Waals surface area contributed by atoms with Crippen LogP contribution in [0.4, 0.5) is 13.2 Å². The fourth-order valence-electron chi connectivity index (χ4n) is 6.10. The Morgan fingerprint density at radius 1 is 1.27 bits per heavy atom. The number of benzene rings is 1. The molecule has 3 atom stereocenters. The first-order valence-electron chi connectivity index (χ1n) is 12.0. The quantitative estimate of drug-likeness (QED) is 0.604. The minimum Gasteiger partial charge on any atom is -0.480 e. The number of halogens is 4. The predicted molar refractivity (Wildman–Crippen MR) is 122 cm³/mol. The Morgan fingerprint density at radius 3 is 2.76 bits per heavy atom. The lowest BCUT2D eigenvalue weighted by Crippen LogP contribution is -2.79. The second-order valence-electron chi connectivity index (χ2n) is 10.5. The minimum atomic E-state index is -4.73. The third kappa shape index (κ3) is 4.34. The average molecular weight is 541 g/mol. The monoisotopic (exact) mass is 540 g/mol. The number of aliphatic hydroxyl groups is 1. The van der Waals surface area contributed by atoms with Crippen LogP contribution in [0.3, 0.4) is 0 Å². The molecule has 198 valence electrons. The summed E-state index contributed by atoms with van der Waals surface area (Å²) in [6, 6.07) is 4.90. The van der Waals surface area contributed by atoms with Crippen molar-refractivity contribution in [3.63, 3.8) is 0 Å². The van der Waals surface area contributed by atoms with Gasteiger partial charge in [-0.2, -0.15) is 5.10 Å². The molecule has 4 fully saturated rings. The Bertz CT molecular complexity index is 1250. The molecule has 1 aromatic heterocycles. The third-order valence-electron chi connectivity index (χ3n) is 7.77. The number of aliphatic hydroxyl groups excluding tert-OH is 1. The van der Waals surface area contributed by atoms with Crippen molar-refractivity contribution in [3.8, 4) is 5.75 Å². The van der Waals surface area contributed by atoms with Crippen molar-refractivity contribution in [2.24, 2.45) is 0 Å². The van der Waals surface area contributed by atoms with Crippen LogP contribution >= 0.6 is 11.6 Å². The highest BCUT2D eigenvalue weighted by molar-refractivity contribution is 6.30. The van der Waals surface area contributed by atoms with Crippen molar-refractivity contribution in [3.05, 3.63) is 46.7 Å². The van der Waals surface area contributed by atoms with Crippen molar-refractivity contribution in [2.75, 3.05) is 13.1 Å². The molecule has 5 aliphatic rings. The van der Waals surface area contributed by atoms with E-state index in [0.29, 0.717) is 41.2 Å². The molecule has 0 radical (unpaired) electrons. The number of alkyl halides is 3. The highest BCUT2D eigenvalue weighted by Crippen LogP contribution is 2.65. The number of carbonyl (C=O) groups excluding carboxylic acids is 2. The first kappa shape index (κ1) is 24.5. The molecule has 3 saturated carbocycles. The van der Waals surface area contributed by atoms with E-state index in [1.165, 1.54) is 11.1 Å². The van der Waals surface area contributed by atoms with Gasteiger partial charge in [0.15, 0.2) is 6.10 Å². The van der Waals surface area contributed by atoms with Gasteiger partial charge in [-0.1, -0.05) is 11.6 Å². The van der Waals surface area contributed by atoms with Crippen molar-refractivity contribution in [1.82, 2.24) is 20.0 Å². The summed E-state index contributed by atoms with van der Waals surface area (Å²) in [6.07, 6.45) is -2.30. The molecule has 0 unspecified atom stereocenters.